The summed E-state index contributed by atoms with van der Waals surface area (Å²) in [5, 5.41) is 7.63. The van der Waals surface area contributed by atoms with Gasteiger partial charge in [-0.25, -0.2) is 0 Å². The van der Waals surface area contributed by atoms with Crippen LogP contribution in [0.5, 0.6) is 5.88 Å². The number of amides is 1. The number of hydrogen-bond acceptors (Lipinski definition) is 6. The highest BCUT2D eigenvalue weighted by Gasteiger charge is 2.24. The maximum atomic E-state index is 12.8. The van der Waals surface area contributed by atoms with E-state index < -0.39 is 11.5 Å². The fourth-order valence-electron chi connectivity index (χ4n) is 2.27. The van der Waals surface area contributed by atoms with Gasteiger partial charge in [-0.15, -0.1) is 5.10 Å². The van der Waals surface area contributed by atoms with E-state index in [1.165, 1.54) is 18.2 Å². The highest BCUT2D eigenvalue weighted by molar-refractivity contribution is 6.07. The smallest absolute Gasteiger partial charge is 0.269 e. The lowest BCUT2D eigenvalue weighted by Crippen LogP contribution is -2.33. The summed E-state index contributed by atoms with van der Waals surface area (Å²) < 4.78 is 5.17. The van der Waals surface area contributed by atoms with Crippen molar-refractivity contribution in [2.75, 3.05) is 19.1 Å². The van der Waals surface area contributed by atoms with E-state index in [1.54, 1.807) is 43.4 Å². The number of carbonyl (C=O) groups excluding carboxylic acids is 1. The maximum absolute atomic E-state index is 12.8. The minimum absolute atomic E-state index is 0.0721. The predicted molar refractivity (Wildman–Crippen MR) is 91.6 cm³/mol. The third kappa shape index (κ3) is 3.23. The van der Waals surface area contributed by atoms with E-state index in [4.69, 9.17) is 4.74 Å². The molecule has 0 fully saturated rings. The van der Waals surface area contributed by atoms with Crippen molar-refractivity contribution in [3.05, 3.63) is 64.6 Å². The Balaban J connectivity index is 2.05. The number of ether oxygens (including phenoxy) is 1. The number of carbonyl (C=O) groups is 1. The lowest BCUT2D eigenvalue weighted by atomic mass is 10.2. The van der Waals surface area contributed by atoms with Crippen LogP contribution in [0.2, 0.25) is 0 Å². The molecule has 1 aromatic carbocycles. The van der Waals surface area contributed by atoms with E-state index >= 15 is 0 Å². The van der Waals surface area contributed by atoms with Gasteiger partial charge in [0, 0.05) is 18.9 Å². The Morgan fingerprint density at radius 2 is 1.92 bits per heavy atom. The number of benzene rings is 1. The number of nitrogens with zero attached hydrogens (tertiary/aromatic N) is 4. The van der Waals surface area contributed by atoms with Crippen LogP contribution in [-0.4, -0.2) is 40.2 Å². The number of hydrogen-bond donors (Lipinski definition) is 1. The summed E-state index contributed by atoms with van der Waals surface area (Å²) in [6.07, 6.45) is 1.51. The Bertz CT molecular complexity index is 942. The zero-order valence-electron chi connectivity index (χ0n) is 13.6. The molecule has 8 nitrogen and oxygen atoms in total. The first-order valence-electron chi connectivity index (χ1n) is 7.41. The van der Waals surface area contributed by atoms with E-state index in [0.717, 1.165) is 0 Å². The summed E-state index contributed by atoms with van der Waals surface area (Å²) >= 11 is 0. The van der Waals surface area contributed by atoms with Crippen LogP contribution in [0.25, 0.3) is 11.5 Å². The largest absolute Gasteiger partial charge is 0.480 e. The summed E-state index contributed by atoms with van der Waals surface area (Å²) in [4.78, 5) is 33.4. The molecular weight excluding hydrogens is 322 g/mol. The molecule has 0 atom stereocenters. The monoisotopic (exact) mass is 337 g/mol. The second-order valence-corrected chi connectivity index (χ2v) is 5.11. The molecule has 1 amide bonds. The zero-order valence-corrected chi connectivity index (χ0v) is 13.6. The second kappa shape index (κ2) is 6.91. The number of nitrogens with one attached hydrogen (secondary N) is 1. The van der Waals surface area contributed by atoms with E-state index in [1.807, 2.05) is 6.07 Å². The van der Waals surface area contributed by atoms with Gasteiger partial charge in [0.1, 0.15) is 5.69 Å². The third-order valence-electron chi connectivity index (χ3n) is 3.56. The van der Waals surface area contributed by atoms with Crippen LogP contribution in [0.3, 0.4) is 0 Å². The first-order chi connectivity index (χ1) is 12.1. The quantitative estimate of drug-likeness (QED) is 0.774. The molecule has 0 bridgehead atoms. The molecular formula is C17H15N5O3. The molecule has 2 heterocycles. The van der Waals surface area contributed by atoms with Crippen molar-refractivity contribution in [2.45, 2.75) is 0 Å². The number of methoxy groups -OCH3 is 1. The SMILES string of the molecule is COc1nc(-c2cccnn2)[nH]c(=O)c1C(=O)N(C)c1ccccc1. The van der Waals surface area contributed by atoms with E-state index in [0.29, 0.717) is 11.4 Å². The molecule has 0 unspecified atom stereocenters. The van der Waals surface area contributed by atoms with Gasteiger partial charge in [-0.2, -0.15) is 10.1 Å². The molecule has 2 aromatic heterocycles. The van der Waals surface area contributed by atoms with Crippen molar-refractivity contribution in [1.29, 1.82) is 0 Å². The van der Waals surface area contributed by atoms with Gasteiger partial charge >= 0.3 is 0 Å². The average molecular weight is 337 g/mol. The van der Waals surface area contributed by atoms with Gasteiger partial charge < -0.3 is 14.6 Å². The van der Waals surface area contributed by atoms with Gasteiger partial charge in [0.15, 0.2) is 11.4 Å². The van der Waals surface area contributed by atoms with Crippen LogP contribution in [0.4, 0.5) is 5.69 Å². The summed E-state index contributed by atoms with van der Waals surface area (Å²) in [6, 6.07) is 12.3. The number of aromatic amines is 1. The summed E-state index contributed by atoms with van der Waals surface area (Å²) in [5.74, 6) is -0.423. The number of para-hydroxylation sites is 1. The van der Waals surface area contributed by atoms with Crippen molar-refractivity contribution < 1.29 is 9.53 Å². The molecule has 3 aromatic rings. The Kier molecular flexibility index (Phi) is 4.51. The molecule has 1 N–H and O–H groups in total. The molecule has 3 rings (SSSR count). The second-order valence-electron chi connectivity index (χ2n) is 5.11. The van der Waals surface area contributed by atoms with Gasteiger partial charge in [-0.05, 0) is 24.3 Å². The normalized spacial score (nSPS) is 10.3. The zero-order chi connectivity index (χ0) is 17.8. The van der Waals surface area contributed by atoms with Crippen molar-refractivity contribution in [2.24, 2.45) is 0 Å². The van der Waals surface area contributed by atoms with E-state index in [9.17, 15) is 9.59 Å². The van der Waals surface area contributed by atoms with Crippen molar-refractivity contribution in [3.63, 3.8) is 0 Å². The Hall–Kier alpha value is -3.55. The topological polar surface area (TPSA) is 101 Å². The fourth-order valence-corrected chi connectivity index (χ4v) is 2.27. The van der Waals surface area contributed by atoms with E-state index in [2.05, 4.69) is 20.2 Å². The molecule has 0 aliphatic heterocycles. The van der Waals surface area contributed by atoms with Gasteiger partial charge in [-0.1, -0.05) is 18.2 Å². The van der Waals surface area contributed by atoms with Crippen molar-refractivity contribution in [3.8, 4) is 17.4 Å². The van der Waals surface area contributed by atoms with Crippen LogP contribution < -0.4 is 15.2 Å². The number of H-pyrrole nitrogens is 1. The van der Waals surface area contributed by atoms with Crippen LogP contribution in [0.15, 0.2) is 53.5 Å². The lowest BCUT2D eigenvalue weighted by molar-refractivity contribution is 0.0987. The van der Waals surface area contributed by atoms with Crippen molar-refractivity contribution >= 4 is 11.6 Å². The minimum Gasteiger partial charge on any atom is -0.480 e. The Morgan fingerprint density at radius 1 is 1.16 bits per heavy atom. The Labute approximate surface area is 143 Å². The lowest BCUT2D eigenvalue weighted by Gasteiger charge is -2.18. The maximum Gasteiger partial charge on any atom is 0.269 e. The molecule has 8 heteroatoms. The number of rotatable bonds is 4. The first-order valence-corrected chi connectivity index (χ1v) is 7.41. The van der Waals surface area contributed by atoms with Crippen LogP contribution in [0.1, 0.15) is 10.4 Å². The van der Waals surface area contributed by atoms with Crippen LogP contribution in [-0.2, 0) is 0 Å². The molecule has 0 saturated heterocycles. The first kappa shape index (κ1) is 16.3. The van der Waals surface area contributed by atoms with Crippen LogP contribution in [0, 0.1) is 0 Å². The minimum atomic E-state index is -0.611. The molecule has 0 aliphatic carbocycles. The number of aromatic nitrogens is 4. The molecule has 0 saturated carbocycles. The summed E-state index contributed by atoms with van der Waals surface area (Å²) in [5.41, 5.74) is 0.224. The highest BCUT2D eigenvalue weighted by Crippen LogP contribution is 2.20. The van der Waals surface area contributed by atoms with Gasteiger partial charge in [-0.3, -0.25) is 9.59 Å². The third-order valence-corrected chi connectivity index (χ3v) is 3.56. The molecule has 25 heavy (non-hydrogen) atoms. The van der Waals surface area contributed by atoms with Gasteiger partial charge in [0.2, 0.25) is 5.88 Å². The van der Waals surface area contributed by atoms with Gasteiger partial charge in [0.05, 0.1) is 7.11 Å². The molecule has 0 radical (unpaired) electrons. The van der Waals surface area contributed by atoms with Crippen molar-refractivity contribution in [1.82, 2.24) is 20.2 Å². The van der Waals surface area contributed by atoms with Crippen LogP contribution >= 0.6 is 0 Å². The summed E-state index contributed by atoms with van der Waals surface area (Å²) in [7, 11) is 2.93. The highest BCUT2D eigenvalue weighted by atomic mass is 16.5. The molecule has 0 spiro atoms. The average Bonchev–Trinajstić information content (AvgIpc) is 2.67. The Morgan fingerprint density at radius 3 is 2.56 bits per heavy atom. The number of anilines is 1. The van der Waals surface area contributed by atoms with E-state index in [-0.39, 0.29) is 17.3 Å². The molecule has 0 aliphatic rings. The van der Waals surface area contributed by atoms with Gasteiger partial charge in [0.25, 0.3) is 11.5 Å². The predicted octanol–water partition coefficient (Wildman–Crippen LogP) is 1.51. The summed E-state index contributed by atoms with van der Waals surface area (Å²) in [6.45, 7) is 0. The molecule has 126 valence electrons. The standard InChI is InChI=1S/C17H15N5O3/c1-22(11-7-4-3-5-8-11)17(24)13-15(23)19-14(20-16(13)25-2)12-9-6-10-18-21-12/h3-10H,1-2H3,(H,19,20,23). The fraction of sp³-hybridized carbons (Fsp3) is 0.118.